The molecule has 1 aromatic carbocycles. The maximum Gasteiger partial charge on any atom is 0.315 e. The first-order valence-corrected chi connectivity index (χ1v) is 17.6. The number of carbonyl (C=O) groups excluding carboxylic acids is 6. The highest BCUT2D eigenvalue weighted by atomic mass is 32.2. The van der Waals surface area contributed by atoms with Gasteiger partial charge >= 0.3 is 6.03 Å². The van der Waals surface area contributed by atoms with Crippen LogP contribution in [0.5, 0.6) is 0 Å². The number of urea groups is 1. The fraction of sp³-hybridized carbons (Fsp3) is 0.636. The van der Waals surface area contributed by atoms with Crippen molar-refractivity contribution in [3.63, 3.8) is 0 Å². The Balaban J connectivity index is 1.06. The van der Waals surface area contributed by atoms with Gasteiger partial charge in [-0.2, -0.15) is 11.8 Å². The molecule has 2 saturated heterocycles. The summed E-state index contributed by atoms with van der Waals surface area (Å²) < 4.78 is 16.0. The van der Waals surface area contributed by atoms with E-state index in [1.165, 1.54) is 6.92 Å². The second-order valence-corrected chi connectivity index (χ2v) is 13.1. The van der Waals surface area contributed by atoms with Crippen molar-refractivity contribution in [2.75, 3.05) is 63.8 Å². The van der Waals surface area contributed by atoms with Crippen LogP contribution in [0.1, 0.15) is 57.4 Å². The number of aryl methyl sites for hydroxylation is 1. The molecule has 2 aliphatic rings. The van der Waals surface area contributed by atoms with Crippen LogP contribution in [0.2, 0.25) is 0 Å². The molecule has 5 N–H and O–H groups in total. The molecular formula is C33H49N5O9S. The minimum absolute atomic E-state index is 0.00336. The van der Waals surface area contributed by atoms with E-state index < -0.39 is 0 Å². The third kappa shape index (κ3) is 16.0. The van der Waals surface area contributed by atoms with Crippen LogP contribution < -0.4 is 26.6 Å². The minimum Gasteiger partial charge on any atom is -0.377 e. The second kappa shape index (κ2) is 22.2. The monoisotopic (exact) mass is 691 g/mol. The fourth-order valence-corrected chi connectivity index (χ4v) is 6.77. The van der Waals surface area contributed by atoms with E-state index in [9.17, 15) is 28.8 Å². The Kier molecular flexibility index (Phi) is 18.0. The Morgan fingerprint density at radius 3 is 2.19 bits per heavy atom. The number of Topliss-reactive ketones (excluding diaryl/α,β-unsaturated/α-hetero) is 2. The molecule has 2 fully saturated rings. The molecular weight excluding hydrogens is 642 g/mol. The number of rotatable bonds is 25. The molecule has 3 rings (SSSR count). The van der Waals surface area contributed by atoms with Crippen LogP contribution >= 0.6 is 11.8 Å². The van der Waals surface area contributed by atoms with Crippen molar-refractivity contribution in [3.8, 4) is 0 Å². The summed E-state index contributed by atoms with van der Waals surface area (Å²) in [4.78, 5) is 70.2. The van der Waals surface area contributed by atoms with Gasteiger partial charge in [0.25, 0.3) is 0 Å². The molecule has 0 aliphatic carbocycles. The number of benzene rings is 1. The number of carbonyl (C=O) groups is 6. The maximum absolute atomic E-state index is 12.1. The van der Waals surface area contributed by atoms with Gasteiger partial charge in [-0.15, -0.1) is 0 Å². The molecule has 14 nitrogen and oxygen atoms in total. The van der Waals surface area contributed by atoms with E-state index in [2.05, 4.69) is 26.6 Å². The molecule has 1 aromatic rings. The zero-order valence-corrected chi connectivity index (χ0v) is 28.5. The maximum atomic E-state index is 12.1. The molecule has 0 unspecified atom stereocenters. The van der Waals surface area contributed by atoms with E-state index in [1.54, 1.807) is 12.1 Å². The summed E-state index contributed by atoms with van der Waals surface area (Å²) in [6.07, 6.45) is 4.61. The Morgan fingerprint density at radius 1 is 0.812 bits per heavy atom. The predicted octanol–water partition coefficient (Wildman–Crippen LogP) is 1.50. The number of ether oxygens (including phenoxy) is 3. The normalized spacial score (nSPS) is 18.0. The first kappa shape index (κ1) is 38.9. The van der Waals surface area contributed by atoms with Crippen molar-refractivity contribution in [1.82, 2.24) is 21.3 Å². The molecule has 0 spiro atoms. The van der Waals surface area contributed by atoms with Crippen LogP contribution in [-0.4, -0.2) is 111 Å². The van der Waals surface area contributed by atoms with Gasteiger partial charge in [0.1, 0.15) is 24.8 Å². The topological polar surface area (TPSA) is 190 Å². The number of unbranched alkanes of at least 4 members (excludes halogenated alkanes) is 1. The van der Waals surface area contributed by atoms with E-state index in [4.69, 9.17) is 14.2 Å². The number of fused-ring (bicyclic) bond motifs is 1. The molecule has 0 aromatic heterocycles. The lowest BCUT2D eigenvalue weighted by Crippen LogP contribution is -2.36. The Morgan fingerprint density at radius 2 is 1.48 bits per heavy atom. The van der Waals surface area contributed by atoms with E-state index in [1.807, 2.05) is 23.9 Å². The molecule has 0 bridgehead atoms. The largest absolute Gasteiger partial charge is 0.377 e. The van der Waals surface area contributed by atoms with Crippen LogP contribution in [0.3, 0.4) is 0 Å². The highest BCUT2D eigenvalue weighted by Gasteiger charge is 2.42. The van der Waals surface area contributed by atoms with Gasteiger partial charge in [0, 0.05) is 42.6 Å². The quantitative estimate of drug-likeness (QED) is 0.0571. The van der Waals surface area contributed by atoms with Crippen molar-refractivity contribution in [3.05, 3.63) is 29.8 Å². The summed E-state index contributed by atoms with van der Waals surface area (Å²) in [6, 6.07) is 7.48. The van der Waals surface area contributed by atoms with Crippen molar-refractivity contribution in [2.45, 2.75) is 75.6 Å². The molecule has 15 heteroatoms. The number of amides is 5. The number of thioether (sulfide) groups is 1. The number of ketones is 2. The summed E-state index contributed by atoms with van der Waals surface area (Å²) in [5.41, 5.74) is 1.55. The van der Waals surface area contributed by atoms with Crippen LogP contribution in [0.25, 0.3) is 0 Å². The van der Waals surface area contributed by atoms with Gasteiger partial charge in [0.2, 0.25) is 17.7 Å². The lowest BCUT2D eigenvalue weighted by Gasteiger charge is -2.16. The van der Waals surface area contributed by atoms with Crippen molar-refractivity contribution in [1.29, 1.82) is 0 Å². The standard InChI is InChI=1S/C33H49N5O9S/c1-23(39)19-26(40)12-9-24-7-10-25(11-8-24)36-31(43)21-47-18-16-45-15-17-46-20-30(42)35-14-4-13-34-29(41)6-3-2-5-28-32-27(22-48-28)37-33(44)38-32/h7-8,10-11,27-28,32H,2-6,9,12-22H2,1H3,(H,34,41)(H,35,42)(H,36,43)(H2,37,38,44)/t27-,28-,32-/m0/s1. The molecule has 0 radical (unpaired) electrons. The van der Waals surface area contributed by atoms with Gasteiger partial charge in [-0.1, -0.05) is 18.6 Å². The average Bonchev–Trinajstić information content (AvgIpc) is 3.60. The molecule has 266 valence electrons. The zero-order valence-electron chi connectivity index (χ0n) is 27.6. The van der Waals surface area contributed by atoms with Gasteiger partial charge in [-0.3, -0.25) is 24.0 Å². The second-order valence-electron chi connectivity index (χ2n) is 11.8. The van der Waals surface area contributed by atoms with Crippen LogP contribution in [0, 0.1) is 0 Å². The lowest BCUT2D eigenvalue weighted by atomic mass is 10.0. The van der Waals surface area contributed by atoms with Gasteiger partial charge in [0.15, 0.2) is 0 Å². The summed E-state index contributed by atoms with van der Waals surface area (Å²) in [5, 5.41) is 14.7. The van der Waals surface area contributed by atoms with E-state index >= 15 is 0 Å². The van der Waals surface area contributed by atoms with Crippen molar-refractivity contribution in [2.24, 2.45) is 0 Å². The van der Waals surface area contributed by atoms with E-state index in [0.29, 0.717) is 49.7 Å². The Labute approximate surface area is 285 Å². The fourth-order valence-electron chi connectivity index (χ4n) is 5.23. The highest BCUT2D eigenvalue weighted by molar-refractivity contribution is 8.00. The number of hydrogen-bond donors (Lipinski definition) is 5. The number of nitrogens with one attached hydrogen (secondary N) is 5. The van der Waals surface area contributed by atoms with Gasteiger partial charge in [-0.25, -0.2) is 4.79 Å². The molecule has 0 saturated carbocycles. The predicted molar refractivity (Wildman–Crippen MR) is 181 cm³/mol. The van der Waals surface area contributed by atoms with E-state index in [-0.39, 0.29) is 93.5 Å². The van der Waals surface area contributed by atoms with Crippen LogP contribution in [0.4, 0.5) is 10.5 Å². The zero-order chi connectivity index (χ0) is 34.6. The highest BCUT2D eigenvalue weighted by Crippen LogP contribution is 2.33. The molecule has 2 aliphatic heterocycles. The number of hydrogen-bond acceptors (Lipinski definition) is 10. The van der Waals surface area contributed by atoms with Gasteiger partial charge in [0.05, 0.1) is 44.9 Å². The van der Waals surface area contributed by atoms with Crippen molar-refractivity contribution >= 4 is 52.8 Å². The third-order valence-electron chi connectivity index (χ3n) is 7.67. The Bertz CT molecular complexity index is 1220. The first-order chi connectivity index (χ1) is 23.2. The van der Waals surface area contributed by atoms with Crippen LogP contribution in [0.15, 0.2) is 24.3 Å². The SMILES string of the molecule is CC(=O)CC(=O)CCc1ccc(NC(=O)COCCOCCOCC(=O)NCCCNC(=O)CCCC[C@@H]2SC[C@@H]3NC(=O)N[C@@H]32)cc1. The third-order valence-corrected chi connectivity index (χ3v) is 9.17. The van der Waals surface area contributed by atoms with Gasteiger partial charge < -0.3 is 40.8 Å². The lowest BCUT2D eigenvalue weighted by molar-refractivity contribution is -0.127. The molecule has 2 heterocycles. The summed E-state index contributed by atoms with van der Waals surface area (Å²) in [6.45, 7) is 3.09. The van der Waals surface area contributed by atoms with Crippen LogP contribution in [-0.2, 0) is 44.6 Å². The summed E-state index contributed by atoms with van der Waals surface area (Å²) in [7, 11) is 0. The molecule has 3 atom stereocenters. The average molecular weight is 692 g/mol. The minimum atomic E-state index is -0.306. The van der Waals surface area contributed by atoms with Crippen molar-refractivity contribution < 1.29 is 43.0 Å². The number of anilines is 1. The Hall–Kier alpha value is -3.53. The summed E-state index contributed by atoms with van der Waals surface area (Å²) >= 11 is 1.88. The molecule has 48 heavy (non-hydrogen) atoms. The smallest absolute Gasteiger partial charge is 0.315 e. The summed E-state index contributed by atoms with van der Waals surface area (Å²) in [5.74, 6) is 0.168. The first-order valence-electron chi connectivity index (χ1n) is 16.5. The van der Waals surface area contributed by atoms with Gasteiger partial charge in [-0.05, 0) is 50.3 Å². The van der Waals surface area contributed by atoms with E-state index in [0.717, 1.165) is 30.6 Å². The molecule has 5 amide bonds.